The molecule has 0 fully saturated rings. The fourth-order valence-corrected chi connectivity index (χ4v) is 3.05. The van der Waals surface area contributed by atoms with Crippen molar-refractivity contribution in [2.24, 2.45) is 9.98 Å². The first-order chi connectivity index (χ1) is 10.7. The van der Waals surface area contributed by atoms with E-state index >= 15 is 0 Å². The Labute approximate surface area is 128 Å². The van der Waals surface area contributed by atoms with Gasteiger partial charge in [0, 0.05) is 11.8 Å². The number of rotatable bonds is 1. The molecule has 0 amide bonds. The summed E-state index contributed by atoms with van der Waals surface area (Å²) < 4.78 is 4.22. The van der Waals surface area contributed by atoms with E-state index in [9.17, 15) is 0 Å². The van der Waals surface area contributed by atoms with Gasteiger partial charge in [-0.25, -0.2) is 4.58 Å². The molecule has 1 aliphatic heterocycles. The average Bonchev–Trinajstić information content (AvgIpc) is 2.99. The number of aromatic nitrogens is 1. The minimum atomic E-state index is 0.739. The monoisotopic (exact) mass is 289 g/mol. The number of nitrogens with zero attached hydrogens (tertiary/aromatic N) is 4. The molecule has 0 unspecified atom stereocenters. The molecule has 22 heavy (non-hydrogen) atoms. The van der Waals surface area contributed by atoms with Gasteiger partial charge in [-0.3, -0.25) is 0 Å². The summed E-state index contributed by atoms with van der Waals surface area (Å²) >= 11 is 0. The fraction of sp³-hybridized carbons (Fsp3) is 0.167. The molecule has 0 radical (unpaired) electrons. The molecule has 2 aromatic heterocycles. The highest BCUT2D eigenvalue weighted by Gasteiger charge is 2.22. The fourth-order valence-electron chi connectivity index (χ4n) is 3.05. The van der Waals surface area contributed by atoms with Crippen LogP contribution in [-0.4, -0.2) is 17.4 Å². The van der Waals surface area contributed by atoms with E-state index in [1.807, 2.05) is 35.9 Å². The van der Waals surface area contributed by atoms with Crippen molar-refractivity contribution in [1.29, 1.82) is 0 Å². The third-order valence-electron chi connectivity index (χ3n) is 4.28. The summed E-state index contributed by atoms with van der Waals surface area (Å²) in [7, 11) is 2.01. The molecule has 4 nitrogen and oxygen atoms in total. The lowest BCUT2D eigenvalue weighted by Crippen LogP contribution is -2.32. The van der Waals surface area contributed by atoms with Gasteiger partial charge in [0.1, 0.15) is 5.36 Å². The first-order valence-corrected chi connectivity index (χ1v) is 7.36. The molecule has 0 saturated carbocycles. The van der Waals surface area contributed by atoms with Crippen molar-refractivity contribution >= 4 is 17.2 Å². The Hall–Kier alpha value is -2.75. The lowest BCUT2D eigenvalue weighted by Gasteiger charge is -1.94. The van der Waals surface area contributed by atoms with Crippen molar-refractivity contribution in [3.63, 3.8) is 0 Å². The third kappa shape index (κ3) is 1.73. The third-order valence-corrected chi connectivity index (χ3v) is 4.28. The second-order valence-corrected chi connectivity index (χ2v) is 5.59. The maximum atomic E-state index is 4.85. The van der Waals surface area contributed by atoms with Gasteiger partial charge < -0.3 is 4.40 Å². The normalized spacial score (nSPS) is 15.4. The van der Waals surface area contributed by atoms with Crippen LogP contribution in [0.1, 0.15) is 11.3 Å². The summed E-state index contributed by atoms with van der Waals surface area (Å²) in [6.45, 7) is 4.21. The Bertz CT molecular complexity index is 1020. The van der Waals surface area contributed by atoms with Crippen LogP contribution in [-0.2, 0) is 0 Å². The number of pyridine rings is 1. The highest BCUT2D eigenvalue weighted by atomic mass is 15.2. The minimum absolute atomic E-state index is 0.739. The van der Waals surface area contributed by atoms with Crippen LogP contribution < -0.4 is 15.3 Å². The first-order valence-electron chi connectivity index (χ1n) is 7.36. The molecule has 3 aromatic rings. The largest absolute Gasteiger partial charge is 0.434 e. The predicted octanol–water partition coefficient (Wildman–Crippen LogP) is 2.00. The summed E-state index contributed by atoms with van der Waals surface area (Å²) in [5, 5.41) is 2.07. The molecule has 0 saturated heterocycles. The van der Waals surface area contributed by atoms with Crippen molar-refractivity contribution in [2.75, 3.05) is 7.05 Å². The Balaban J connectivity index is 1.98. The van der Waals surface area contributed by atoms with Gasteiger partial charge in [-0.05, 0) is 38.1 Å². The molecular weight excluding hydrogens is 272 g/mol. The van der Waals surface area contributed by atoms with Gasteiger partial charge in [-0.2, -0.15) is 0 Å². The molecule has 1 aromatic carbocycles. The highest BCUT2D eigenvalue weighted by Crippen LogP contribution is 2.30. The van der Waals surface area contributed by atoms with Gasteiger partial charge in [-0.1, -0.05) is 28.2 Å². The molecule has 0 bridgehead atoms. The van der Waals surface area contributed by atoms with Crippen LogP contribution in [0.5, 0.6) is 0 Å². The number of fused-ring (bicyclic) bond motifs is 2. The van der Waals surface area contributed by atoms with Gasteiger partial charge in [0.05, 0.1) is 18.3 Å². The lowest BCUT2D eigenvalue weighted by molar-refractivity contribution is 0.948. The second-order valence-electron chi connectivity index (χ2n) is 5.59. The van der Waals surface area contributed by atoms with Gasteiger partial charge in [0.25, 0.3) is 0 Å². The van der Waals surface area contributed by atoms with Gasteiger partial charge in [0.2, 0.25) is 0 Å². The smallest absolute Gasteiger partial charge is 0.317 e. The number of hydrogen-bond acceptors (Lipinski definition) is 1. The first kappa shape index (κ1) is 13.0. The van der Waals surface area contributed by atoms with E-state index in [-0.39, 0.29) is 0 Å². The minimum Gasteiger partial charge on any atom is -0.317 e. The Morgan fingerprint density at radius 2 is 1.82 bits per heavy atom. The van der Waals surface area contributed by atoms with Crippen molar-refractivity contribution in [3.8, 4) is 0 Å². The van der Waals surface area contributed by atoms with E-state index < -0.39 is 0 Å². The van der Waals surface area contributed by atoms with Crippen LogP contribution in [0, 0.1) is 13.8 Å². The maximum Gasteiger partial charge on any atom is 0.434 e. The number of benzene rings is 1. The van der Waals surface area contributed by atoms with E-state index in [2.05, 4.69) is 47.6 Å². The SMILES string of the molecule is Cc1c(N=C2N=c3ccccc3=[N+]2C)c(C)n2ccccc12. The zero-order valence-electron chi connectivity index (χ0n) is 12.9. The molecule has 0 aliphatic carbocycles. The second kappa shape index (κ2) is 4.63. The van der Waals surface area contributed by atoms with Crippen molar-refractivity contribution in [3.05, 3.63) is 70.6 Å². The summed E-state index contributed by atoms with van der Waals surface area (Å²) in [6.07, 6.45) is 2.08. The van der Waals surface area contributed by atoms with Crippen molar-refractivity contribution in [2.45, 2.75) is 13.8 Å². The van der Waals surface area contributed by atoms with Crippen LogP contribution in [0.4, 0.5) is 5.69 Å². The summed E-state index contributed by atoms with van der Waals surface area (Å²) in [5.41, 5.74) is 4.52. The van der Waals surface area contributed by atoms with E-state index in [1.54, 1.807) is 0 Å². The molecule has 0 atom stereocenters. The number of aryl methyl sites for hydroxylation is 2. The Kier molecular flexibility index (Phi) is 2.73. The van der Waals surface area contributed by atoms with Crippen molar-refractivity contribution in [1.82, 2.24) is 8.98 Å². The zero-order chi connectivity index (χ0) is 15.3. The standard InChI is InChI=1S/C18H17N4/c1-12-15-9-6-7-11-22(15)13(2)17(12)20-18-19-14-8-4-5-10-16(14)21(18)3/h4-11H,1-3H3/q+1. The quantitative estimate of drug-likeness (QED) is 0.614. The molecule has 4 rings (SSSR count). The molecule has 0 N–H and O–H groups in total. The molecule has 108 valence electrons. The average molecular weight is 289 g/mol. The number of guanidine groups is 1. The van der Waals surface area contributed by atoms with Crippen LogP contribution in [0.15, 0.2) is 58.6 Å². The molecule has 0 spiro atoms. The summed E-state index contributed by atoms with van der Waals surface area (Å²) in [5.74, 6) is 0.739. The number of aliphatic imine (C=N–C) groups is 1. The van der Waals surface area contributed by atoms with Gasteiger partial charge in [0.15, 0.2) is 11.0 Å². The lowest BCUT2D eigenvalue weighted by atomic mass is 10.2. The van der Waals surface area contributed by atoms with Gasteiger partial charge >= 0.3 is 5.96 Å². The van der Waals surface area contributed by atoms with Crippen LogP contribution in [0.25, 0.3) is 5.52 Å². The van der Waals surface area contributed by atoms with Crippen LogP contribution in [0.2, 0.25) is 0 Å². The van der Waals surface area contributed by atoms with Crippen LogP contribution in [0.3, 0.4) is 0 Å². The van der Waals surface area contributed by atoms with Crippen LogP contribution >= 0.6 is 0 Å². The number of para-hydroxylation sites is 2. The zero-order valence-corrected chi connectivity index (χ0v) is 12.9. The predicted molar refractivity (Wildman–Crippen MR) is 88.4 cm³/mol. The Morgan fingerprint density at radius 3 is 2.59 bits per heavy atom. The molecule has 4 heteroatoms. The van der Waals surface area contributed by atoms with E-state index in [0.717, 1.165) is 28.1 Å². The number of hydrogen-bond donors (Lipinski definition) is 0. The topological polar surface area (TPSA) is 32.1 Å². The Morgan fingerprint density at radius 1 is 1.05 bits per heavy atom. The molecular formula is C18H17N4+. The molecule has 1 aliphatic rings. The van der Waals surface area contributed by atoms with E-state index in [0.29, 0.717) is 0 Å². The van der Waals surface area contributed by atoms with Crippen molar-refractivity contribution < 1.29 is 0 Å². The van der Waals surface area contributed by atoms with E-state index in [1.165, 1.54) is 11.1 Å². The van der Waals surface area contributed by atoms with Gasteiger partial charge in [-0.15, -0.1) is 0 Å². The molecule has 3 heterocycles. The summed E-state index contributed by atoms with van der Waals surface area (Å²) in [4.78, 5) is 9.49. The van der Waals surface area contributed by atoms with E-state index in [4.69, 9.17) is 4.99 Å². The summed E-state index contributed by atoms with van der Waals surface area (Å²) in [6, 6.07) is 14.3. The maximum absolute atomic E-state index is 4.85. The highest BCUT2D eigenvalue weighted by molar-refractivity contribution is 5.87.